The number of hydrogen-bond donors (Lipinski definition) is 0. The van der Waals surface area contributed by atoms with Gasteiger partial charge in [0.05, 0.1) is 0 Å². The van der Waals surface area contributed by atoms with Crippen molar-refractivity contribution in [3.8, 4) is 10.7 Å². The van der Waals surface area contributed by atoms with E-state index in [1.165, 1.54) is 34.9 Å². The molecule has 6 rings (SSSR count). The van der Waals surface area contributed by atoms with Crippen LogP contribution in [0.4, 0.5) is 0 Å². The predicted octanol–water partition coefficient (Wildman–Crippen LogP) is 4.72. The molecular weight excluding hydrogens is 686 g/mol. The number of hydrogen-bond acceptors (Lipinski definition) is 9. The number of rotatable bonds is 10. The summed E-state index contributed by atoms with van der Waals surface area (Å²) in [6.45, 7) is -5.02. The van der Waals surface area contributed by atoms with Crippen LogP contribution in [0.5, 0.6) is 0 Å². The van der Waals surface area contributed by atoms with E-state index in [1.54, 1.807) is 12.1 Å². The summed E-state index contributed by atoms with van der Waals surface area (Å²) in [7, 11) is -5.03. The normalized spacial score (nSPS) is 12.9. The quantitative estimate of drug-likeness (QED) is 0.114. The average Bonchev–Trinajstić information content (AvgIpc) is 3.61. The molecule has 0 aliphatic heterocycles. The van der Waals surface area contributed by atoms with Gasteiger partial charge in [0.1, 0.15) is 0 Å². The predicted molar refractivity (Wildman–Crippen MR) is 179 cm³/mol. The molecule has 228 valence electrons. The minimum absolute atomic E-state index is 0.421. The van der Waals surface area contributed by atoms with Crippen LogP contribution in [-0.2, 0) is 4.08 Å². The summed E-state index contributed by atoms with van der Waals surface area (Å²) < 4.78 is 46.1. The maximum atomic E-state index is 13.3. The van der Waals surface area contributed by atoms with Crippen LogP contribution in [0.15, 0.2) is 148 Å². The van der Waals surface area contributed by atoms with Crippen molar-refractivity contribution in [3.05, 3.63) is 138 Å². The Kier molecular flexibility index (Phi) is 9.39. The van der Waals surface area contributed by atoms with E-state index in [-0.39, 0.29) is 0 Å². The molecule has 0 spiro atoms. The molecule has 0 fully saturated rings. The van der Waals surface area contributed by atoms with Crippen molar-refractivity contribution >= 4 is 74.5 Å². The van der Waals surface area contributed by atoms with Crippen molar-refractivity contribution in [3.63, 3.8) is 0 Å². The molecule has 0 saturated heterocycles. The zero-order valence-corrected chi connectivity index (χ0v) is 28.5. The first-order chi connectivity index (χ1) is 21.7. The van der Waals surface area contributed by atoms with Gasteiger partial charge in [0.15, 0.2) is 0 Å². The fraction of sp³-hybridized carbons (Fsp3) is 0.0303. The monoisotopic (exact) mass is 710 g/mol. The maximum absolute atomic E-state index is 13.3. The molecule has 0 amide bonds. The van der Waals surface area contributed by atoms with Crippen molar-refractivity contribution in [2.75, 3.05) is 6.26 Å². The van der Waals surface area contributed by atoms with Gasteiger partial charge in [0.25, 0.3) is 0 Å². The Hall–Kier alpha value is -2.79. The van der Waals surface area contributed by atoms with Crippen LogP contribution in [0.3, 0.4) is 0 Å². The molecule has 0 aliphatic carbocycles. The standard InChI is InChI=1S/C33H25Cl2N2O4PS3/c1-43-32-30(33(45-28-21-19-24(34)20-22-28)37-31(36-32)29-18-11-23-44-29)42(41-35(38,39)40,25-12-5-2-6-13-25,26-14-7-3-8-15-26)27-16-9-4-10-17-27/h2-23H,1H3. The summed E-state index contributed by atoms with van der Waals surface area (Å²) >= 11 is 10.4. The fourth-order valence-corrected chi connectivity index (χ4v) is 16.3. The number of benzene rings is 4. The van der Waals surface area contributed by atoms with Gasteiger partial charge in [-0.2, -0.15) is 0 Å². The van der Waals surface area contributed by atoms with E-state index < -0.39 is 17.1 Å². The van der Waals surface area contributed by atoms with Gasteiger partial charge in [-0.05, 0) is 0 Å². The first kappa shape index (κ1) is 32.2. The molecule has 0 saturated carbocycles. The van der Waals surface area contributed by atoms with Gasteiger partial charge >= 0.3 is 282 Å². The Labute approximate surface area is 280 Å². The molecule has 0 atom stereocenters. The van der Waals surface area contributed by atoms with E-state index in [1.807, 2.05) is 127 Å². The van der Waals surface area contributed by atoms with Crippen molar-refractivity contribution in [2.45, 2.75) is 14.9 Å². The van der Waals surface area contributed by atoms with Crippen LogP contribution in [0.25, 0.3) is 10.7 Å². The average molecular weight is 712 g/mol. The second-order valence-corrected chi connectivity index (χ2v) is 18.4. The van der Waals surface area contributed by atoms with Crippen LogP contribution in [0.1, 0.15) is 0 Å². The summed E-state index contributed by atoms with van der Waals surface area (Å²) in [6.07, 6.45) is 1.87. The van der Waals surface area contributed by atoms with Gasteiger partial charge in [-0.15, -0.1) is 0 Å². The molecule has 12 heteroatoms. The van der Waals surface area contributed by atoms with Crippen molar-refractivity contribution in [1.29, 1.82) is 0 Å². The molecule has 2 aromatic heterocycles. The van der Waals surface area contributed by atoms with E-state index >= 15 is 0 Å². The molecule has 4 aromatic carbocycles. The van der Waals surface area contributed by atoms with E-state index in [0.29, 0.717) is 42.1 Å². The fourth-order valence-electron chi connectivity index (χ4n) is 5.42. The second kappa shape index (κ2) is 13.1. The van der Waals surface area contributed by atoms with Crippen molar-refractivity contribution in [1.82, 2.24) is 9.97 Å². The third-order valence-electron chi connectivity index (χ3n) is 7.18. The van der Waals surface area contributed by atoms with E-state index in [0.717, 1.165) is 9.77 Å². The van der Waals surface area contributed by atoms with E-state index in [4.69, 9.17) is 25.6 Å². The Morgan fingerprint density at radius 2 is 1.20 bits per heavy atom. The van der Waals surface area contributed by atoms with Gasteiger partial charge in [-0.25, -0.2) is 0 Å². The topological polar surface area (TPSA) is 104 Å². The van der Waals surface area contributed by atoms with Crippen LogP contribution >= 0.6 is 53.3 Å². The van der Waals surface area contributed by atoms with Gasteiger partial charge in [-0.1, -0.05) is 0 Å². The molecule has 0 radical (unpaired) electrons. The number of halogens is 2. The van der Waals surface area contributed by atoms with Gasteiger partial charge in [-0.3, -0.25) is 0 Å². The molecule has 2 heterocycles. The zero-order valence-electron chi connectivity index (χ0n) is 23.7. The number of aromatic nitrogens is 2. The first-order valence-electron chi connectivity index (χ1n) is 13.5. The first-order valence-corrected chi connectivity index (χ1v) is 20.2. The summed E-state index contributed by atoms with van der Waals surface area (Å²) in [6, 6.07) is 38.4. The van der Waals surface area contributed by atoms with Crippen LogP contribution in [0.2, 0.25) is 5.02 Å². The third-order valence-corrected chi connectivity index (χ3v) is 17.2. The number of thiophene rings is 1. The molecule has 0 N–H and O–H groups in total. The summed E-state index contributed by atoms with van der Waals surface area (Å²) in [5.41, 5.74) is 0. The summed E-state index contributed by atoms with van der Waals surface area (Å²) in [5, 5.41) is 5.40. The Morgan fingerprint density at radius 3 is 1.64 bits per heavy atom. The Balaban J connectivity index is 1.88. The van der Waals surface area contributed by atoms with Crippen molar-refractivity contribution in [2.24, 2.45) is 0 Å². The van der Waals surface area contributed by atoms with Gasteiger partial charge in [0, 0.05) is 0 Å². The number of thioether (sulfide) groups is 1. The molecular formula is C33H25Cl2N2O4PS3. The Bertz CT molecular complexity index is 1800. The SMILES string of the molecule is CSc1nc(-c2cccs2)nc(Sc2ccc(Cl)cc2)c1P(O[Cl+3]([O-])([O-])[O-])(c1ccccc1)(c1ccccc1)c1ccccc1. The van der Waals surface area contributed by atoms with E-state index in [2.05, 4.69) is 0 Å². The zero-order chi connectivity index (χ0) is 31.5. The summed E-state index contributed by atoms with van der Waals surface area (Å²) in [4.78, 5) is 11.8. The molecule has 0 unspecified atom stereocenters. The molecule has 0 aliphatic rings. The van der Waals surface area contributed by atoms with Gasteiger partial charge in [0.2, 0.25) is 0 Å². The minimum atomic E-state index is -5.03. The van der Waals surface area contributed by atoms with Crippen LogP contribution < -0.4 is 35.2 Å². The molecule has 45 heavy (non-hydrogen) atoms. The third kappa shape index (κ3) is 5.95. The second-order valence-electron chi connectivity index (χ2n) is 9.73. The molecule has 6 aromatic rings. The number of nitrogens with zero attached hydrogens (tertiary/aromatic N) is 2. The van der Waals surface area contributed by atoms with Crippen LogP contribution in [0, 0.1) is 10.2 Å². The Morgan fingerprint density at radius 1 is 0.689 bits per heavy atom. The van der Waals surface area contributed by atoms with E-state index in [9.17, 15) is 14.0 Å². The van der Waals surface area contributed by atoms with Gasteiger partial charge < -0.3 is 0 Å². The van der Waals surface area contributed by atoms with Crippen molar-refractivity contribution < 1.29 is 28.3 Å². The molecule has 0 bridgehead atoms. The summed E-state index contributed by atoms with van der Waals surface area (Å²) in [5.74, 6) is 0.475. The molecule has 6 nitrogen and oxygen atoms in total. The van der Waals surface area contributed by atoms with Crippen LogP contribution in [-0.4, -0.2) is 16.2 Å².